The third-order valence-corrected chi connectivity index (χ3v) is 5.41. The molecule has 1 amide bonds. The van der Waals surface area contributed by atoms with Gasteiger partial charge in [-0.1, -0.05) is 31.0 Å². The van der Waals surface area contributed by atoms with Gasteiger partial charge >= 0.3 is 6.18 Å². The van der Waals surface area contributed by atoms with Crippen molar-refractivity contribution in [3.8, 4) is 0 Å². The number of hydrogen-bond donors (Lipinski definition) is 1. The van der Waals surface area contributed by atoms with Crippen LogP contribution in [0.2, 0.25) is 0 Å². The molecule has 1 aromatic rings. The third kappa shape index (κ3) is 4.00. The van der Waals surface area contributed by atoms with E-state index in [4.69, 9.17) is 4.74 Å². The lowest BCUT2D eigenvalue weighted by Gasteiger charge is -2.29. The van der Waals surface area contributed by atoms with E-state index in [0.29, 0.717) is 24.9 Å². The second kappa shape index (κ2) is 7.36. The van der Waals surface area contributed by atoms with Crippen molar-refractivity contribution in [3.63, 3.8) is 0 Å². The maximum atomic E-state index is 13.0. The van der Waals surface area contributed by atoms with Crippen molar-refractivity contribution >= 4 is 5.91 Å². The molecule has 2 aliphatic rings. The molecule has 1 saturated carbocycles. The minimum absolute atomic E-state index is 0.151. The number of hydrogen-bond acceptors (Lipinski definition) is 2. The molecule has 1 atom stereocenters. The predicted molar refractivity (Wildman–Crippen MR) is 88.2 cm³/mol. The first-order valence-corrected chi connectivity index (χ1v) is 8.99. The Hall–Kier alpha value is -1.56. The molecule has 0 bridgehead atoms. The molecule has 1 unspecified atom stereocenters. The molecule has 1 heterocycles. The van der Waals surface area contributed by atoms with Gasteiger partial charge in [-0.15, -0.1) is 0 Å². The molecule has 3 nitrogen and oxygen atoms in total. The van der Waals surface area contributed by atoms with Crippen molar-refractivity contribution in [1.82, 2.24) is 5.32 Å². The van der Waals surface area contributed by atoms with E-state index in [-0.39, 0.29) is 12.0 Å². The van der Waals surface area contributed by atoms with Gasteiger partial charge in [0.15, 0.2) is 0 Å². The molecule has 1 aromatic carbocycles. The quantitative estimate of drug-likeness (QED) is 0.860. The molecular weight excluding hydrogens is 331 g/mol. The summed E-state index contributed by atoms with van der Waals surface area (Å²) < 4.78 is 44.7. The Bertz CT molecular complexity index is 603. The van der Waals surface area contributed by atoms with Gasteiger partial charge < -0.3 is 10.1 Å². The summed E-state index contributed by atoms with van der Waals surface area (Å²) in [5.41, 5.74) is -1.05. The summed E-state index contributed by atoms with van der Waals surface area (Å²) in [6.07, 6.45) is 1.51. The van der Waals surface area contributed by atoms with E-state index in [1.165, 1.54) is 6.07 Å². The number of rotatable bonds is 5. The van der Waals surface area contributed by atoms with E-state index in [2.05, 4.69) is 5.32 Å². The number of ether oxygens (including phenoxy) is 1. The fourth-order valence-electron chi connectivity index (χ4n) is 4.01. The van der Waals surface area contributed by atoms with E-state index >= 15 is 0 Å². The Morgan fingerprint density at radius 3 is 2.64 bits per heavy atom. The monoisotopic (exact) mass is 355 g/mol. The van der Waals surface area contributed by atoms with Crippen LogP contribution in [0, 0.1) is 0 Å². The average molecular weight is 355 g/mol. The first kappa shape index (κ1) is 18.2. The van der Waals surface area contributed by atoms with Gasteiger partial charge in [-0.2, -0.15) is 13.2 Å². The van der Waals surface area contributed by atoms with E-state index in [1.807, 2.05) is 0 Å². The fourth-order valence-corrected chi connectivity index (χ4v) is 4.01. The van der Waals surface area contributed by atoms with Crippen LogP contribution in [0.25, 0.3) is 0 Å². The summed E-state index contributed by atoms with van der Waals surface area (Å²) in [7, 11) is 0. The van der Waals surface area contributed by atoms with Gasteiger partial charge in [-0.05, 0) is 43.7 Å². The van der Waals surface area contributed by atoms with Crippen molar-refractivity contribution < 1.29 is 22.7 Å². The molecule has 0 radical (unpaired) electrons. The van der Waals surface area contributed by atoms with Crippen LogP contribution < -0.4 is 5.32 Å². The Morgan fingerprint density at radius 1 is 1.24 bits per heavy atom. The SMILES string of the molecule is O=C(NCCC1CCCO1)C1(c2cccc(C(F)(F)F)c2)CCCC1. The standard InChI is InChI=1S/C19H24F3NO2/c20-19(21,22)15-6-3-5-14(13-15)18(9-1-2-10-18)17(24)23-11-8-16-7-4-12-25-16/h3,5-6,13,16H,1-2,4,7-12H2,(H,23,24). The van der Waals surface area contributed by atoms with Crippen LogP contribution in [0.5, 0.6) is 0 Å². The maximum absolute atomic E-state index is 13.0. The van der Waals surface area contributed by atoms with Gasteiger partial charge in [0.2, 0.25) is 5.91 Å². The van der Waals surface area contributed by atoms with Gasteiger partial charge in [0, 0.05) is 13.2 Å². The summed E-state index contributed by atoms with van der Waals surface area (Å²) in [4.78, 5) is 12.9. The number of carbonyl (C=O) groups is 1. The van der Waals surface area contributed by atoms with Crippen LogP contribution in [0.3, 0.4) is 0 Å². The molecule has 1 aliphatic carbocycles. The van der Waals surface area contributed by atoms with Gasteiger partial charge in [0.05, 0.1) is 17.1 Å². The maximum Gasteiger partial charge on any atom is 0.416 e. The fraction of sp³-hybridized carbons (Fsp3) is 0.632. The lowest BCUT2D eigenvalue weighted by atomic mass is 9.77. The lowest BCUT2D eigenvalue weighted by Crippen LogP contribution is -2.43. The number of nitrogens with one attached hydrogen (secondary N) is 1. The molecule has 0 spiro atoms. The van der Waals surface area contributed by atoms with Crippen molar-refractivity contribution in [3.05, 3.63) is 35.4 Å². The number of amides is 1. The molecule has 1 N–H and O–H groups in total. The molecule has 6 heteroatoms. The highest BCUT2D eigenvalue weighted by atomic mass is 19.4. The Balaban J connectivity index is 1.73. The molecule has 3 rings (SSSR count). The van der Waals surface area contributed by atoms with Crippen LogP contribution in [0.4, 0.5) is 13.2 Å². The van der Waals surface area contributed by atoms with Crippen molar-refractivity contribution in [2.45, 2.75) is 62.6 Å². The van der Waals surface area contributed by atoms with Crippen LogP contribution in [0.15, 0.2) is 24.3 Å². The highest BCUT2D eigenvalue weighted by Gasteiger charge is 2.43. The summed E-state index contributed by atoms with van der Waals surface area (Å²) in [5, 5.41) is 2.95. The van der Waals surface area contributed by atoms with Crippen LogP contribution in [0.1, 0.15) is 56.1 Å². The zero-order valence-electron chi connectivity index (χ0n) is 14.2. The Morgan fingerprint density at radius 2 is 2.00 bits per heavy atom. The van der Waals surface area contributed by atoms with Crippen molar-refractivity contribution in [2.75, 3.05) is 13.2 Å². The first-order valence-electron chi connectivity index (χ1n) is 8.99. The summed E-state index contributed by atoms with van der Waals surface area (Å²) in [6.45, 7) is 1.27. The number of halogens is 3. The van der Waals surface area contributed by atoms with Gasteiger partial charge in [-0.25, -0.2) is 0 Å². The second-order valence-corrected chi connectivity index (χ2v) is 7.05. The molecular formula is C19H24F3NO2. The van der Waals surface area contributed by atoms with Gasteiger partial charge in [0.1, 0.15) is 0 Å². The summed E-state index contributed by atoms with van der Waals surface area (Å²) in [5.74, 6) is -0.151. The Kier molecular flexibility index (Phi) is 5.37. The van der Waals surface area contributed by atoms with Crippen LogP contribution in [-0.4, -0.2) is 25.2 Å². The van der Waals surface area contributed by atoms with E-state index in [0.717, 1.165) is 50.8 Å². The summed E-state index contributed by atoms with van der Waals surface area (Å²) in [6, 6.07) is 5.25. The largest absolute Gasteiger partial charge is 0.416 e. The minimum atomic E-state index is -4.40. The normalized spacial score (nSPS) is 22.9. The van der Waals surface area contributed by atoms with Gasteiger partial charge in [-0.3, -0.25) is 4.79 Å². The van der Waals surface area contributed by atoms with E-state index in [9.17, 15) is 18.0 Å². The first-order chi connectivity index (χ1) is 11.9. The molecule has 25 heavy (non-hydrogen) atoms. The summed E-state index contributed by atoms with van der Waals surface area (Å²) >= 11 is 0. The molecule has 138 valence electrons. The van der Waals surface area contributed by atoms with Crippen molar-refractivity contribution in [1.29, 1.82) is 0 Å². The molecule has 1 aliphatic heterocycles. The topological polar surface area (TPSA) is 38.3 Å². The highest BCUT2D eigenvalue weighted by Crippen LogP contribution is 2.43. The second-order valence-electron chi connectivity index (χ2n) is 7.05. The van der Waals surface area contributed by atoms with Crippen LogP contribution >= 0.6 is 0 Å². The predicted octanol–water partition coefficient (Wildman–Crippen LogP) is 4.20. The highest BCUT2D eigenvalue weighted by molar-refractivity contribution is 5.88. The lowest BCUT2D eigenvalue weighted by molar-refractivity contribution is -0.138. The van der Waals surface area contributed by atoms with E-state index < -0.39 is 17.2 Å². The molecule has 2 fully saturated rings. The number of alkyl halides is 3. The zero-order chi connectivity index (χ0) is 17.9. The third-order valence-electron chi connectivity index (χ3n) is 5.41. The van der Waals surface area contributed by atoms with Crippen LogP contribution in [-0.2, 0) is 21.1 Å². The van der Waals surface area contributed by atoms with Gasteiger partial charge in [0.25, 0.3) is 0 Å². The minimum Gasteiger partial charge on any atom is -0.378 e. The number of carbonyl (C=O) groups excluding carboxylic acids is 1. The Labute approximate surface area is 145 Å². The molecule has 1 saturated heterocycles. The average Bonchev–Trinajstić information content (AvgIpc) is 3.26. The smallest absolute Gasteiger partial charge is 0.378 e. The van der Waals surface area contributed by atoms with E-state index in [1.54, 1.807) is 6.07 Å². The molecule has 0 aromatic heterocycles. The number of benzene rings is 1. The van der Waals surface area contributed by atoms with Crippen molar-refractivity contribution in [2.24, 2.45) is 0 Å². The zero-order valence-corrected chi connectivity index (χ0v) is 14.2.